The Morgan fingerprint density at radius 3 is 2.59 bits per heavy atom. The van der Waals surface area contributed by atoms with Gasteiger partial charge in [-0.3, -0.25) is 14.6 Å². The minimum absolute atomic E-state index is 0.0568. The number of ketones is 2. The van der Waals surface area contributed by atoms with Gasteiger partial charge in [0.25, 0.3) is 0 Å². The van der Waals surface area contributed by atoms with E-state index in [1.165, 1.54) is 14.2 Å². The number of halogens is 1. The van der Waals surface area contributed by atoms with Crippen LogP contribution in [0.25, 0.3) is 0 Å². The lowest BCUT2D eigenvalue weighted by molar-refractivity contribution is 0.0192. The van der Waals surface area contributed by atoms with Crippen molar-refractivity contribution in [3.8, 4) is 17.2 Å². The standard InChI is InChI=1S/C20H18ClNO5/c1-9-7-12(23)11-6-5-10(2)22-18(11)20(9)19(24)15-13(25-3)8-14(26-4)16(21)17(15)27-20/h5-6,8-9H,7H2,1-4H3/t9-,20+/m1/s1. The number of carbonyl (C=O) groups is 2. The first-order valence-corrected chi connectivity index (χ1v) is 8.92. The lowest BCUT2D eigenvalue weighted by Crippen LogP contribution is -2.49. The molecule has 0 fully saturated rings. The van der Waals surface area contributed by atoms with Crippen LogP contribution >= 0.6 is 11.6 Å². The van der Waals surface area contributed by atoms with E-state index >= 15 is 0 Å². The molecule has 0 radical (unpaired) electrons. The summed E-state index contributed by atoms with van der Waals surface area (Å²) in [6.07, 6.45) is 0.175. The summed E-state index contributed by atoms with van der Waals surface area (Å²) < 4.78 is 16.9. The molecular weight excluding hydrogens is 370 g/mol. The van der Waals surface area contributed by atoms with Crippen LogP contribution in [0.4, 0.5) is 0 Å². The molecule has 27 heavy (non-hydrogen) atoms. The van der Waals surface area contributed by atoms with Crippen LogP contribution in [0.3, 0.4) is 0 Å². The van der Waals surface area contributed by atoms with E-state index in [1.54, 1.807) is 25.1 Å². The van der Waals surface area contributed by atoms with Crippen molar-refractivity contribution in [3.63, 3.8) is 0 Å². The fourth-order valence-corrected chi connectivity index (χ4v) is 4.18. The van der Waals surface area contributed by atoms with Gasteiger partial charge in [0.05, 0.1) is 14.2 Å². The van der Waals surface area contributed by atoms with Gasteiger partial charge in [-0.1, -0.05) is 18.5 Å². The van der Waals surface area contributed by atoms with E-state index < -0.39 is 11.5 Å². The highest BCUT2D eigenvalue weighted by atomic mass is 35.5. The quantitative estimate of drug-likeness (QED) is 0.781. The minimum atomic E-state index is -1.42. The molecule has 0 N–H and O–H groups in total. The summed E-state index contributed by atoms with van der Waals surface area (Å²) in [7, 11) is 2.94. The summed E-state index contributed by atoms with van der Waals surface area (Å²) in [5, 5.41) is 0.192. The lowest BCUT2D eigenvalue weighted by Gasteiger charge is -2.37. The highest BCUT2D eigenvalue weighted by Gasteiger charge is 2.60. The van der Waals surface area contributed by atoms with E-state index in [9.17, 15) is 9.59 Å². The number of rotatable bonds is 2. The number of hydrogen-bond donors (Lipinski definition) is 0. The fraction of sp³-hybridized carbons (Fsp3) is 0.350. The van der Waals surface area contributed by atoms with Crippen LogP contribution < -0.4 is 14.2 Å². The Hall–Kier alpha value is -2.60. The second-order valence-electron chi connectivity index (χ2n) is 6.84. The molecule has 2 atom stereocenters. The van der Waals surface area contributed by atoms with Gasteiger partial charge in [0, 0.05) is 29.7 Å². The van der Waals surface area contributed by atoms with E-state index in [2.05, 4.69) is 4.98 Å². The number of aromatic nitrogens is 1. The molecule has 0 bridgehead atoms. The number of Topliss-reactive ketones (excluding diaryl/α,β-unsaturated/α-hetero) is 2. The van der Waals surface area contributed by atoms with Crippen molar-refractivity contribution in [2.24, 2.45) is 5.92 Å². The fourth-order valence-electron chi connectivity index (χ4n) is 3.91. The van der Waals surface area contributed by atoms with Gasteiger partial charge in [0.15, 0.2) is 11.5 Å². The number of nitrogens with zero attached hydrogens (tertiary/aromatic N) is 1. The van der Waals surface area contributed by atoms with Gasteiger partial charge >= 0.3 is 0 Å². The van der Waals surface area contributed by atoms with Crippen molar-refractivity contribution < 1.29 is 23.8 Å². The number of fused-ring (bicyclic) bond motifs is 3. The van der Waals surface area contributed by atoms with Gasteiger partial charge < -0.3 is 14.2 Å². The molecule has 2 aliphatic rings. The molecule has 0 amide bonds. The molecular formula is C20H18ClNO5. The third kappa shape index (κ3) is 2.22. The summed E-state index contributed by atoms with van der Waals surface area (Å²) in [6.45, 7) is 3.62. The summed E-state index contributed by atoms with van der Waals surface area (Å²) >= 11 is 6.44. The van der Waals surface area contributed by atoms with Crippen molar-refractivity contribution in [2.75, 3.05) is 14.2 Å². The van der Waals surface area contributed by atoms with Gasteiger partial charge in [-0.15, -0.1) is 0 Å². The summed E-state index contributed by atoms with van der Waals surface area (Å²) in [6, 6.07) is 5.01. The third-order valence-electron chi connectivity index (χ3n) is 5.29. The van der Waals surface area contributed by atoms with E-state index in [0.29, 0.717) is 28.5 Å². The Balaban J connectivity index is 2.02. The number of aryl methyl sites for hydroxylation is 1. The maximum atomic E-state index is 13.6. The second-order valence-corrected chi connectivity index (χ2v) is 7.22. The SMILES string of the molecule is COc1cc(OC)c2c(c1Cl)O[C@]1(C2=O)c2nc(C)ccc2C(=O)C[C@H]1C. The molecule has 0 unspecified atom stereocenters. The highest BCUT2D eigenvalue weighted by Crippen LogP contribution is 2.56. The zero-order valence-electron chi connectivity index (χ0n) is 15.4. The Bertz CT molecular complexity index is 1000. The topological polar surface area (TPSA) is 74.7 Å². The molecule has 2 heterocycles. The lowest BCUT2D eigenvalue weighted by atomic mass is 9.71. The van der Waals surface area contributed by atoms with E-state index in [4.69, 9.17) is 25.8 Å². The molecule has 1 aliphatic carbocycles. The van der Waals surface area contributed by atoms with Gasteiger partial charge in [-0.2, -0.15) is 0 Å². The molecule has 1 spiro atoms. The molecule has 2 aromatic rings. The average Bonchev–Trinajstić information content (AvgIpc) is 2.96. The monoisotopic (exact) mass is 387 g/mol. The van der Waals surface area contributed by atoms with E-state index in [0.717, 1.165) is 0 Å². The first kappa shape index (κ1) is 17.8. The molecule has 0 saturated carbocycles. The van der Waals surface area contributed by atoms with Crippen LogP contribution in [0, 0.1) is 12.8 Å². The molecule has 7 heteroatoms. The highest BCUT2D eigenvalue weighted by molar-refractivity contribution is 6.35. The molecule has 1 aromatic carbocycles. The van der Waals surface area contributed by atoms with Crippen LogP contribution in [-0.2, 0) is 5.60 Å². The van der Waals surface area contributed by atoms with Gasteiger partial charge in [0.2, 0.25) is 11.4 Å². The Morgan fingerprint density at radius 1 is 1.22 bits per heavy atom. The first-order chi connectivity index (χ1) is 12.8. The maximum Gasteiger partial charge on any atom is 0.220 e. The smallest absolute Gasteiger partial charge is 0.220 e. The van der Waals surface area contributed by atoms with Crippen LogP contribution in [0.1, 0.15) is 45.4 Å². The van der Waals surface area contributed by atoms with E-state index in [-0.39, 0.29) is 34.3 Å². The first-order valence-electron chi connectivity index (χ1n) is 8.54. The van der Waals surface area contributed by atoms with Gasteiger partial charge in [0.1, 0.15) is 27.8 Å². The second kappa shape index (κ2) is 5.96. The molecule has 0 saturated heterocycles. The summed E-state index contributed by atoms with van der Waals surface area (Å²) in [5.41, 5.74) is 0.268. The predicted molar refractivity (Wildman–Crippen MR) is 98.3 cm³/mol. The third-order valence-corrected chi connectivity index (χ3v) is 5.65. The summed E-state index contributed by atoms with van der Waals surface area (Å²) in [4.78, 5) is 30.7. The molecule has 1 aliphatic heterocycles. The molecule has 1 aromatic heterocycles. The van der Waals surface area contributed by atoms with Crippen LogP contribution in [0.15, 0.2) is 18.2 Å². The number of hydrogen-bond acceptors (Lipinski definition) is 6. The van der Waals surface area contributed by atoms with Crippen molar-refractivity contribution in [3.05, 3.63) is 45.7 Å². The Kier molecular flexibility index (Phi) is 3.93. The maximum absolute atomic E-state index is 13.6. The van der Waals surface area contributed by atoms with Gasteiger partial charge in [-0.25, -0.2) is 0 Å². The minimum Gasteiger partial charge on any atom is -0.496 e. The zero-order valence-corrected chi connectivity index (χ0v) is 16.1. The molecule has 140 valence electrons. The molecule has 6 nitrogen and oxygen atoms in total. The number of pyridine rings is 1. The number of ether oxygens (including phenoxy) is 3. The molecule has 4 rings (SSSR count). The average molecular weight is 388 g/mol. The number of carbonyl (C=O) groups excluding carboxylic acids is 2. The van der Waals surface area contributed by atoms with E-state index in [1.807, 2.05) is 6.92 Å². The van der Waals surface area contributed by atoms with Crippen molar-refractivity contribution in [1.82, 2.24) is 4.98 Å². The van der Waals surface area contributed by atoms with Gasteiger partial charge in [-0.05, 0) is 19.1 Å². The largest absolute Gasteiger partial charge is 0.496 e. The number of methoxy groups -OCH3 is 2. The van der Waals surface area contributed by atoms with Crippen molar-refractivity contribution in [2.45, 2.75) is 25.9 Å². The van der Waals surface area contributed by atoms with Crippen LogP contribution in [-0.4, -0.2) is 30.8 Å². The van der Waals surface area contributed by atoms with Crippen molar-refractivity contribution >= 4 is 23.2 Å². The number of benzene rings is 1. The summed E-state index contributed by atoms with van der Waals surface area (Å²) in [5.74, 6) is 0.0733. The Morgan fingerprint density at radius 2 is 1.93 bits per heavy atom. The van der Waals surface area contributed by atoms with Crippen molar-refractivity contribution in [1.29, 1.82) is 0 Å². The van der Waals surface area contributed by atoms with Crippen LogP contribution in [0.5, 0.6) is 17.2 Å². The van der Waals surface area contributed by atoms with Crippen LogP contribution in [0.2, 0.25) is 5.02 Å². The Labute approximate surface area is 161 Å². The normalized spacial score (nSPS) is 23.1. The zero-order chi connectivity index (χ0) is 19.5. The predicted octanol–water partition coefficient (Wildman–Crippen LogP) is 3.75.